The number of nitro benzene ring substituents is 1. The van der Waals surface area contributed by atoms with Gasteiger partial charge in [-0.25, -0.2) is 5.43 Å². The Labute approximate surface area is 157 Å². The van der Waals surface area contributed by atoms with Crippen molar-refractivity contribution in [3.8, 4) is 5.75 Å². The summed E-state index contributed by atoms with van der Waals surface area (Å²) in [5, 5.41) is 14.8. The van der Waals surface area contributed by atoms with E-state index in [0.29, 0.717) is 16.9 Å². The van der Waals surface area contributed by atoms with Gasteiger partial charge in [-0.05, 0) is 43.0 Å². The van der Waals surface area contributed by atoms with Crippen LogP contribution in [0.25, 0.3) is 6.08 Å². The van der Waals surface area contributed by atoms with Crippen molar-refractivity contribution < 1.29 is 14.5 Å². The number of hydrogen-bond donors (Lipinski definition) is 1. The fraction of sp³-hybridized carbons (Fsp3) is 0.200. The average Bonchev–Trinajstić information content (AvgIpc) is 2.61. The molecule has 0 bridgehead atoms. The van der Waals surface area contributed by atoms with Crippen LogP contribution in [0.3, 0.4) is 0 Å². The highest BCUT2D eigenvalue weighted by atomic mass is 16.6. The largest absolute Gasteiger partial charge is 0.483 e. The van der Waals surface area contributed by atoms with E-state index in [1.807, 2.05) is 43.3 Å². The molecule has 2 aromatic carbocycles. The second-order valence-corrected chi connectivity index (χ2v) is 6.05. The summed E-state index contributed by atoms with van der Waals surface area (Å²) in [6, 6.07) is 12.6. The number of ether oxygens (including phenoxy) is 1. The van der Waals surface area contributed by atoms with Crippen LogP contribution in [-0.4, -0.2) is 23.7 Å². The normalized spacial score (nSPS) is 11.4. The first-order chi connectivity index (χ1) is 12.9. The van der Waals surface area contributed by atoms with Crippen LogP contribution in [-0.2, 0) is 4.79 Å². The molecule has 0 fully saturated rings. The van der Waals surface area contributed by atoms with Gasteiger partial charge in [-0.3, -0.25) is 14.9 Å². The van der Waals surface area contributed by atoms with Crippen molar-refractivity contribution in [1.29, 1.82) is 0 Å². The number of carbonyl (C=O) groups excluding carboxylic acids is 1. The maximum absolute atomic E-state index is 11.9. The van der Waals surface area contributed by atoms with Crippen molar-refractivity contribution >= 4 is 23.9 Å². The topological polar surface area (TPSA) is 93.8 Å². The molecule has 0 aliphatic carbocycles. The summed E-state index contributed by atoms with van der Waals surface area (Å²) in [6.45, 7) is 5.04. The van der Waals surface area contributed by atoms with Gasteiger partial charge in [0.15, 0.2) is 6.61 Å². The van der Waals surface area contributed by atoms with Crippen molar-refractivity contribution in [3.05, 3.63) is 74.8 Å². The number of carbonyl (C=O) groups is 1. The Morgan fingerprint density at radius 3 is 2.44 bits per heavy atom. The van der Waals surface area contributed by atoms with Gasteiger partial charge in [0, 0.05) is 12.1 Å². The molecule has 0 radical (unpaired) electrons. The first kappa shape index (κ1) is 19.8. The van der Waals surface area contributed by atoms with Crippen molar-refractivity contribution in [1.82, 2.24) is 5.43 Å². The minimum atomic E-state index is -0.462. The minimum Gasteiger partial charge on any atom is -0.483 e. The van der Waals surface area contributed by atoms with E-state index in [1.165, 1.54) is 12.1 Å². The van der Waals surface area contributed by atoms with E-state index >= 15 is 0 Å². The Balaban J connectivity index is 1.90. The van der Waals surface area contributed by atoms with Crippen LogP contribution in [0.1, 0.15) is 23.6 Å². The van der Waals surface area contributed by atoms with Crippen molar-refractivity contribution in [2.24, 2.45) is 5.10 Å². The number of nitrogens with zero attached hydrogens (tertiary/aromatic N) is 2. The predicted octanol–water partition coefficient (Wildman–Crippen LogP) is 3.80. The second kappa shape index (κ2) is 9.28. The fourth-order valence-electron chi connectivity index (χ4n) is 2.49. The van der Waals surface area contributed by atoms with Gasteiger partial charge >= 0.3 is 0 Å². The lowest BCUT2D eigenvalue weighted by atomic mass is 10.1. The highest BCUT2D eigenvalue weighted by Crippen LogP contribution is 2.28. The molecule has 0 aromatic heterocycles. The molecule has 0 unspecified atom stereocenters. The summed E-state index contributed by atoms with van der Waals surface area (Å²) in [6.07, 6.45) is 3.49. The van der Waals surface area contributed by atoms with Gasteiger partial charge in [0.1, 0.15) is 5.75 Å². The van der Waals surface area contributed by atoms with E-state index in [0.717, 1.165) is 11.1 Å². The summed E-state index contributed by atoms with van der Waals surface area (Å²) in [4.78, 5) is 22.3. The molecule has 1 amide bonds. The zero-order valence-electron chi connectivity index (χ0n) is 15.4. The van der Waals surface area contributed by atoms with E-state index in [1.54, 1.807) is 20.1 Å². The van der Waals surface area contributed by atoms with E-state index in [-0.39, 0.29) is 12.3 Å². The minimum absolute atomic E-state index is 0.00733. The van der Waals surface area contributed by atoms with Crippen LogP contribution in [0, 0.1) is 24.0 Å². The maximum atomic E-state index is 11.9. The number of benzene rings is 2. The lowest BCUT2D eigenvalue weighted by Gasteiger charge is -2.11. The number of amides is 1. The van der Waals surface area contributed by atoms with Gasteiger partial charge < -0.3 is 4.74 Å². The molecule has 2 aromatic rings. The molecule has 0 aliphatic rings. The number of nitro groups is 1. The van der Waals surface area contributed by atoms with E-state index in [2.05, 4.69) is 10.5 Å². The van der Waals surface area contributed by atoms with Gasteiger partial charge in [-0.1, -0.05) is 36.4 Å². The van der Waals surface area contributed by atoms with Crippen LogP contribution >= 0.6 is 0 Å². The summed E-state index contributed by atoms with van der Waals surface area (Å²) < 4.78 is 5.49. The number of aryl methyl sites for hydroxylation is 2. The third kappa shape index (κ3) is 6.07. The molecule has 140 valence electrons. The molecular formula is C20H21N3O4. The Hall–Kier alpha value is -3.48. The van der Waals surface area contributed by atoms with Gasteiger partial charge in [-0.2, -0.15) is 5.10 Å². The van der Waals surface area contributed by atoms with Crippen molar-refractivity contribution in [2.45, 2.75) is 20.8 Å². The molecule has 7 heteroatoms. The van der Waals surface area contributed by atoms with Crippen LogP contribution in [0.5, 0.6) is 5.75 Å². The highest BCUT2D eigenvalue weighted by Gasteiger charge is 2.14. The summed E-state index contributed by atoms with van der Waals surface area (Å²) in [5.41, 5.74) is 5.50. The molecule has 27 heavy (non-hydrogen) atoms. The van der Waals surface area contributed by atoms with E-state index in [9.17, 15) is 14.9 Å². The zero-order chi connectivity index (χ0) is 19.8. The number of hydrazone groups is 1. The maximum Gasteiger partial charge on any atom is 0.277 e. The summed E-state index contributed by atoms with van der Waals surface area (Å²) in [7, 11) is 0. The molecule has 0 heterocycles. The third-order valence-electron chi connectivity index (χ3n) is 3.65. The van der Waals surface area contributed by atoms with Crippen molar-refractivity contribution in [3.63, 3.8) is 0 Å². The Kier molecular flexibility index (Phi) is 6.82. The fourth-order valence-corrected chi connectivity index (χ4v) is 2.49. The third-order valence-corrected chi connectivity index (χ3v) is 3.65. The molecular weight excluding hydrogens is 346 g/mol. The first-order valence-electron chi connectivity index (χ1n) is 8.30. The molecule has 7 nitrogen and oxygen atoms in total. The number of hydrogen-bond acceptors (Lipinski definition) is 5. The molecule has 0 aliphatic heterocycles. The lowest BCUT2D eigenvalue weighted by Crippen LogP contribution is -2.25. The van der Waals surface area contributed by atoms with Crippen LogP contribution in [0.4, 0.5) is 5.69 Å². The summed E-state index contributed by atoms with van der Waals surface area (Å²) >= 11 is 0. The van der Waals surface area contributed by atoms with Crippen LogP contribution in [0.15, 0.2) is 53.1 Å². The Morgan fingerprint density at radius 2 is 1.85 bits per heavy atom. The first-order valence-corrected chi connectivity index (χ1v) is 8.30. The van der Waals surface area contributed by atoms with Gasteiger partial charge in [0.05, 0.1) is 11.1 Å². The summed E-state index contributed by atoms with van der Waals surface area (Å²) in [5.74, 6) is 0.0378. The van der Waals surface area contributed by atoms with Crippen LogP contribution in [0.2, 0.25) is 0 Å². The monoisotopic (exact) mass is 367 g/mol. The Morgan fingerprint density at radius 1 is 1.22 bits per heavy atom. The standard InChI is InChI=1S/C20H21N3O4/c1-14(9-17-7-5-4-6-8-17)12-21-22-19(24)13-27-20-15(2)10-18(23(25)26)11-16(20)3/h4-12H,13H2,1-3H3,(H,22,24)/b14-9+,21-12-. The molecule has 2 rings (SSSR count). The van der Waals surface area contributed by atoms with Gasteiger partial charge in [0.25, 0.3) is 11.6 Å². The molecule has 0 atom stereocenters. The predicted molar refractivity (Wildman–Crippen MR) is 105 cm³/mol. The molecule has 1 N–H and O–H groups in total. The second-order valence-electron chi connectivity index (χ2n) is 6.05. The molecule has 0 saturated heterocycles. The molecule has 0 spiro atoms. The van der Waals surface area contributed by atoms with Gasteiger partial charge in [0.2, 0.25) is 0 Å². The zero-order valence-corrected chi connectivity index (χ0v) is 15.4. The quantitative estimate of drug-likeness (QED) is 0.457. The number of nitrogens with one attached hydrogen (secondary N) is 1. The molecule has 0 saturated carbocycles. The van der Waals surface area contributed by atoms with E-state index in [4.69, 9.17) is 4.74 Å². The van der Waals surface area contributed by atoms with E-state index < -0.39 is 10.8 Å². The average molecular weight is 367 g/mol. The van der Waals surface area contributed by atoms with Crippen LogP contribution < -0.4 is 10.2 Å². The number of rotatable bonds is 7. The number of non-ortho nitro benzene ring substituents is 1. The Bertz CT molecular complexity index is 866. The van der Waals surface area contributed by atoms with Crippen molar-refractivity contribution in [2.75, 3.05) is 6.61 Å². The highest BCUT2D eigenvalue weighted by molar-refractivity contribution is 5.86. The smallest absolute Gasteiger partial charge is 0.277 e. The SMILES string of the molecule is CC(/C=N\NC(=O)COc1c(C)cc([N+](=O)[O-])cc1C)=C\c1ccccc1. The number of allylic oxidation sites excluding steroid dienone is 1. The van der Waals surface area contributed by atoms with Gasteiger partial charge in [-0.15, -0.1) is 0 Å². The lowest BCUT2D eigenvalue weighted by molar-refractivity contribution is -0.385.